The third-order valence-electron chi connectivity index (χ3n) is 8.13. The lowest BCUT2D eigenvalue weighted by Gasteiger charge is -2.12. The molecule has 0 radical (unpaired) electrons. The molecule has 0 amide bonds. The fourth-order valence-electron chi connectivity index (χ4n) is 5.69. The fourth-order valence-corrected chi connectivity index (χ4v) is 8.51. The first kappa shape index (κ1) is 39.6. The molecule has 0 bridgehead atoms. The maximum atomic E-state index is 12.6. The SMILES string of the molecule is Nc1ccc(S(=O)(=O)O)c2ccc(/N=N/c3ccc(-c4ccc(/N=N/c5ccc6c(S(=O)(=O)O)ccc(N)c6c5O)cc4S(=O)(=O)O)c(S(=O)(=O)O)c3)c(O)c12. The lowest BCUT2D eigenvalue weighted by atomic mass is 10.0. The van der Waals surface area contributed by atoms with Crippen molar-refractivity contribution in [3.8, 4) is 22.6 Å². The molecule has 0 aliphatic carbocycles. The van der Waals surface area contributed by atoms with Crippen molar-refractivity contribution < 1.29 is 62.1 Å². The van der Waals surface area contributed by atoms with E-state index in [4.69, 9.17) is 11.5 Å². The van der Waals surface area contributed by atoms with Crippen molar-refractivity contribution in [3.63, 3.8) is 0 Å². The van der Waals surface area contributed by atoms with Gasteiger partial charge in [-0.15, -0.1) is 10.2 Å². The Labute approximate surface area is 316 Å². The third kappa shape index (κ3) is 7.57. The predicted molar refractivity (Wildman–Crippen MR) is 200 cm³/mol. The van der Waals surface area contributed by atoms with Gasteiger partial charge in [0, 0.05) is 33.3 Å². The maximum absolute atomic E-state index is 12.6. The zero-order valence-corrected chi connectivity index (χ0v) is 30.9. The van der Waals surface area contributed by atoms with Gasteiger partial charge in [0.15, 0.2) is 11.5 Å². The highest BCUT2D eigenvalue weighted by Crippen LogP contribution is 2.43. The van der Waals surface area contributed by atoms with E-state index >= 15 is 0 Å². The zero-order valence-electron chi connectivity index (χ0n) is 27.6. The maximum Gasteiger partial charge on any atom is 0.295 e. The fraction of sp³-hybridized carbons (Fsp3) is 0. The van der Waals surface area contributed by atoms with E-state index in [0.29, 0.717) is 0 Å². The molecule has 290 valence electrons. The summed E-state index contributed by atoms with van der Waals surface area (Å²) in [4.78, 5) is -2.91. The number of anilines is 2. The van der Waals surface area contributed by atoms with Crippen molar-refractivity contribution in [1.82, 2.24) is 0 Å². The summed E-state index contributed by atoms with van der Waals surface area (Å²) >= 11 is 0. The van der Waals surface area contributed by atoms with Crippen LogP contribution in [-0.2, 0) is 40.5 Å². The Kier molecular flexibility index (Phi) is 9.80. The van der Waals surface area contributed by atoms with Crippen molar-refractivity contribution in [2.75, 3.05) is 11.5 Å². The van der Waals surface area contributed by atoms with Gasteiger partial charge in [-0.2, -0.15) is 43.9 Å². The molecule has 0 saturated heterocycles. The number of nitrogens with two attached hydrogens (primary N) is 2. The summed E-state index contributed by atoms with van der Waals surface area (Å²) < 4.78 is 137. The Morgan fingerprint density at radius 1 is 0.411 bits per heavy atom. The number of phenols is 2. The van der Waals surface area contributed by atoms with Crippen LogP contribution in [-0.4, -0.2) is 62.1 Å². The molecular formula is C32H24N6O14S4. The van der Waals surface area contributed by atoms with Crippen molar-refractivity contribution in [3.05, 3.63) is 84.9 Å². The number of fused-ring (bicyclic) bond motifs is 2. The number of azo groups is 2. The highest BCUT2D eigenvalue weighted by molar-refractivity contribution is 7.87. The van der Waals surface area contributed by atoms with Crippen LogP contribution in [0.25, 0.3) is 32.7 Å². The second kappa shape index (κ2) is 13.9. The number of hydrogen-bond donors (Lipinski definition) is 8. The predicted octanol–water partition coefficient (Wildman–Crippen LogP) is 6.05. The van der Waals surface area contributed by atoms with E-state index in [1.807, 2.05) is 0 Å². The van der Waals surface area contributed by atoms with Gasteiger partial charge in [-0.3, -0.25) is 18.2 Å². The van der Waals surface area contributed by atoms with Crippen LogP contribution in [0.2, 0.25) is 0 Å². The van der Waals surface area contributed by atoms with Gasteiger partial charge in [-0.25, -0.2) is 0 Å². The molecule has 0 aromatic heterocycles. The minimum Gasteiger partial charge on any atom is -0.505 e. The highest BCUT2D eigenvalue weighted by atomic mass is 32.2. The summed E-state index contributed by atoms with van der Waals surface area (Å²) in [6.07, 6.45) is 0. The number of rotatable bonds is 9. The molecule has 0 saturated carbocycles. The van der Waals surface area contributed by atoms with E-state index in [2.05, 4.69) is 20.5 Å². The second-order valence-corrected chi connectivity index (χ2v) is 17.2. The van der Waals surface area contributed by atoms with Gasteiger partial charge in [0.05, 0.1) is 22.1 Å². The van der Waals surface area contributed by atoms with E-state index in [1.54, 1.807) is 0 Å². The molecule has 6 aromatic rings. The van der Waals surface area contributed by atoms with Gasteiger partial charge in [0.2, 0.25) is 0 Å². The summed E-state index contributed by atoms with van der Waals surface area (Å²) in [7, 11) is -19.8. The molecular weight excluding hydrogens is 821 g/mol. The molecule has 0 spiro atoms. The largest absolute Gasteiger partial charge is 0.505 e. The van der Waals surface area contributed by atoms with Gasteiger partial charge < -0.3 is 21.7 Å². The number of hydrogen-bond acceptors (Lipinski definition) is 16. The van der Waals surface area contributed by atoms with Crippen molar-refractivity contribution in [2.45, 2.75) is 19.6 Å². The first-order chi connectivity index (χ1) is 26.0. The van der Waals surface area contributed by atoms with E-state index in [-0.39, 0.29) is 55.7 Å². The van der Waals surface area contributed by atoms with Crippen molar-refractivity contribution in [1.29, 1.82) is 0 Å². The van der Waals surface area contributed by atoms with Crippen LogP contribution in [0.5, 0.6) is 11.5 Å². The molecule has 6 aromatic carbocycles. The van der Waals surface area contributed by atoms with Crippen LogP contribution >= 0.6 is 0 Å². The number of nitrogens with zero attached hydrogens (tertiary/aromatic N) is 4. The smallest absolute Gasteiger partial charge is 0.295 e. The van der Waals surface area contributed by atoms with E-state index < -0.39 is 82.7 Å². The first-order valence-corrected chi connectivity index (χ1v) is 20.8. The lowest BCUT2D eigenvalue weighted by molar-refractivity contribution is 0.480. The first-order valence-electron chi connectivity index (χ1n) is 15.1. The van der Waals surface area contributed by atoms with Crippen molar-refractivity contribution in [2.24, 2.45) is 20.5 Å². The van der Waals surface area contributed by atoms with E-state index in [1.165, 1.54) is 12.1 Å². The summed E-state index contributed by atoms with van der Waals surface area (Å²) in [6.45, 7) is 0. The Morgan fingerprint density at radius 2 is 0.750 bits per heavy atom. The topological polar surface area (TPSA) is 359 Å². The normalized spacial score (nSPS) is 13.0. The van der Waals surface area contributed by atoms with Crippen LogP contribution in [0.3, 0.4) is 0 Å². The Morgan fingerprint density at radius 3 is 1.07 bits per heavy atom. The molecule has 0 unspecified atom stereocenters. The van der Waals surface area contributed by atoms with Gasteiger partial charge in [0.25, 0.3) is 40.5 Å². The minimum atomic E-state index is -5.16. The van der Waals surface area contributed by atoms with Gasteiger partial charge in [-0.05, 0) is 60.7 Å². The standard InChI is InChI=1S/C32H24N6O14S4/c33-21-7-11-25(53(41,42)43)19-5-9-23(31(39)29(19)21)37-35-15-1-3-17(27(13-15)55(47,48)49)18-4-2-16(14-28(18)56(50,51)52)36-38-24-10-6-20-26(54(44,45)46)12-8-22(34)30(20)32(24)40/h1-14,39-40H,33-34H2,(H,41,42,43)(H,44,45,46)(H,47,48,49)(H,50,51,52)/b37-35+,38-36+. The average Bonchev–Trinajstić information content (AvgIpc) is 3.09. The third-order valence-corrected chi connectivity index (χ3v) is 11.7. The highest BCUT2D eigenvalue weighted by Gasteiger charge is 2.25. The molecule has 0 fully saturated rings. The molecule has 0 aliphatic rings. The summed E-state index contributed by atoms with van der Waals surface area (Å²) in [5.74, 6) is -1.30. The van der Waals surface area contributed by atoms with Crippen molar-refractivity contribution >= 4 is 96.1 Å². The lowest BCUT2D eigenvalue weighted by Crippen LogP contribution is -2.05. The van der Waals surface area contributed by atoms with Gasteiger partial charge >= 0.3 is 0 Å². The summed E-state index contributed by atoms with van der Waals surface area (Å²) in [5.41, 5.74) is 9.67. The van der Waals surface area contributed by atoms with Crippen LogP contribution < -0.4 is 11.5 Å². The quantitative estimate of drug-likeness (QED) is 0.0466. The number of aromatic hydroxyl groups is 2. The zero-order chi connectivity index (χ0) is 41.1. The average molecular weight is 845 g/mol. The number of nitrogen functional groups attached to an aromatic ring is 2. The Hall–Kier alpha value is -6.12. The van der Waals surface area contributed by atoms with Gasteiger partial charge in [0.1, 0.15) is 31.0 Å². The summed E-state index contributed by atoms with van der Waals surface area (Å²) in [5, 5.41) is 36.4. The minimum absolute atomic E-state index is 0.0871. The number of benzene rings is 6. The molecule has 24 heteroatoms. The second-order valence-electron chi connectivity index (χ2n) is 11.7. The monoisotopic (exact) mass is 844 g/mol. The molecule has 10 N–H and O–H groups in total. The molecule has 6 rings (SSSR count). The van der Waals surface area contributed by atoms with E-state index in [9.17, 15) is 62.1 Å². The molecule has 20 nitrogen and oxygen atoms in total. The molecule has 56 heavy (non-hydrogen) atoms. The van der Waals surface area contributed by atoms with Crippen LogP contribution in [0.1, 0.15) is 0 Å². The molecule has 0 heterocycles. The summed E-state index contributed by atoms with van der Waals surface area (Å²) in [6, 6.07) is 14.8. The van der Waals surface area contributed by atoms with Gasteiger partial charge in [-0.1, -0.05) is 24.3 Å². The van der Waals surface area contributed by atoms with Crippen LogP contribution in [0.15, 0.2) is 125 Å². The van der Waals surface area contributed by atoms with Crippen LogP contribution in [0.4, 0.5) is 34.1 Å². The molecule has 0 atom stereocenters. The Bertz CT molecular complexity index is 2980. The number of phenolic OH excluding ortho intramolecular Hbond substituents is 2. The Balaban J connectivity index is 1.40. The molecule has 0 aliphatic heterocycles. The van der Waals surface area contributed by atoms with Crippen LogP contribution in [0, 0.1) is 0 Å². The van der Waals surface area contributed by atoms with E-state index in [0.717, 1.165) is 72.8 Å².